The molecule has 3 unspecified atom stereocenters. The number of aliphatic hydroxyl groups excluding tert-OH is 1. The van der Waals surface area contributed by atoms with E-state index in [-0.39, 0.29) is 23.7 Å². The van der Waals surface area contributed by atoms with Gasteiger partial charge in [0, 0.05) is 19.0 Å². The van der Waals surface area contributed by atoms with E-state index in [4.69, 9.17) is 0 Å². The fourth-order valence-electron chi connectivity index (χ4n) is 3.39. The highest BCUT2D eigenvalue weighted by atomic mass is 16.3. The number of phenolic OH excluding ortho intramolecular Hbond substituents is 1. The molecule has 3 atom stereocenters. The number of aromatic hydroxyl groups is 1. The Morgan fingerprint density at radius 2 is 2.16 bits per heavy atom. The van der Waals surface area contributed by atoms with E-state index in [0.29, 0.717) is 18.9 Å². The zero-order chi connectivity index (χ0) is 13.4. The third-order valence-corrected chi connectivity index (χ3v) is 4.44. The number of rotatable bonds is 2. The number of likely N-dealkylation sites (tertiary alicyclic amines) is 1. The fourth-order valence-corrected chi connectivity index (χ4v) is 3.39. The van der Waals surface area contributed by atoms with Gasteiger partial charge in [0.1, 0.15) is 5.75 Å². The molecular weight excluding hydrogens is 242 g/mol. The molecule has 4 heteroatoms. The Bertz CT molecular complexity index is 488. The molecule has 1 aliphatic heterocycles. The summed E-state index contributed by atoms with van der Waals surface area (Å²) >= 11 is 0. The molecule has 102 valence electrons. The van der Waals surface area contributed by atoms with Crippen LogP contribution in [0.25, 0.3) is 0 Å². The second kappa shape index (κ2) is 4.85. The maximum absolute atomic E-state index is 12.2. The number of carbonyl (C=O) groups excluding carboxylic acids is 1. The summed E-state index contributed by atoms with van der Waals surface area (Å²) in [7, 11) is 0. The number of amides is 1. The number of hydrogen-bond donors (Lipinski definition) is 2. The van der Waals surface area contributed by atoms with Crippen molar-refractivity contribution >= 4 is 5.91 Å². The maximum atomic E-state index is 12.2. The molecule has 1 amide bonds. The molecular formula is C15H19NO3. The van der Waals surface area contributed by atoms with Crippen LogP contribution >= 0.6 is 0 Å². The van der Waals surface area contributed by atoms with Crippen LogP contribution in [-0.2, 0) is 11.2 Å². The molecule has 3 rings (SSSR count). The van der Waals surface area contributed by atoms with E-state index >= 15 is 0 Å². The van der Waals surface area contributed by atoms with Gasteiger partial charge in [0.05, 0.1) is 12.5 Å². The minimum atomic E-state index is -0.233. The number of nitrogens with zero attached hydrogens (tertiary/aromatic N) is 1. The molecule has 2 fully saturated rings. The summed E-state index contributed by atoms with van der Waals surface area (Å²) in [6.07, 6.45) is 2.00. The van der Waals surface area contributed by atoms with E-state index in [0.717, 1.165) is 24.9 Å². The largest absolute Gasteiger partial charge is 0.508 e. The van der Waals surface area contributed by atoms with Crippen LogP contribution in [0.3, 0.4) is 0 Å². The van der Waals surface area contributed by atoms with Gasteiger partial charge < -0.3 is 15.1 Å². The molecule has 1 saturated carbocycles. The Morgan fingerprint density at radius 1 is 1.32 bits per heavy atom. The molecule has 2 N–H and O–H groups in total. The van der Waals surface area contributed by atoms with Crippen LogP contribution in [-0.4, -0.2) is 40.2 Å². The van der Waals surface area contributed by atoms with Crippen molar-refractivity contribution in [2.45, 2.75) is 25.4 Å². The number of hydrogen-bond acceptors (Lipinski definition) is 3. The highest BCUT2D eigenvalue weighted by Gasteiger charge is 2.43. The number of aliphatic hydroxyl groups is 1. The zero-order valence-corrected chi connectivity index (χ0v) is 10.8. The third-order valence-electron chi connectivity index (χ3n) is 4.44. The summed E-state index contributed by atoms with van der Waals surface area (Å²) in [4.78, 5) is 14.1. The highest BCUT2D eigenvalue weighted by molar-refractivity contribution is 5.79. The van der Waals surface area contributed by atoms with E-state index in [1.165, 1.54) is 0 Å². The smallest absolute Gasteiger partial charge is 0.227 e. The normalized spacial score (nSPS) is 29.5. The molecule has 2 aliphatic rings. The molecule has 1 aliphatic carbocycles. The molecule has 1 aromatic carbocycles. The van der Waals surface area contributed by atoms with Gasteiger partial charge in [-0.3, -0.25) is 4.79 Å². The highest BCUT2D eigenvalue weighted by Crippen LogP contribution is 2.38. The van der Waals surface area contributed by atoms with Crippen molar-refractivity contribution in [3.8, 4) is 5.75 Å². The van der Waals surface area contributed by atoms with Crippen LogP contribution in [0.1, 0.15) is 18.4 Å². The van der Waals surface area contributed by atoms with Gasteiger partial charge in [-0.25, -0.2) is 0 Å². The molecule has 1 saturated heterocycles. The molecule has 1 heterocycles. The predicted molar refractivity (Wildman–Crippen MR) is 70.6 cm³/mol. The SMILES string of the molecule is O=C(Cc1cccc(O)c1)N1CC2CCC(O)C2C1. The van der Waals surface area contributed by atoms with E-state index in [2.05, 4.69) is 0 Å². The second-order valence-electron chi connectivity index (χ2n) is 5.71. The topological polar surface area (TPSA) is 60.8 Å². The monoisotopic (exact) mass is 261 g/mol. The maximum Gasteiger partial charge on any atom is 0.227 e. The van der Waals surface area contributed by atoms with E-state index < -0.39 is 0 Å². The quantitative estimate of drug-likeness (QED) is 0.840. The Kier molecular flexibility index (Phi) is 3.19. The summed E-state index contributed by atoms with van der Waals surface area (Å²) < 4.78 is 0. The van der Waals surface area contributed by atoms with Gasteiger partial charge in [-0.1, -0.05) is 12.1 Å². The van der Waals surface area contributed by atoms with Crippen LogP contribution in [0, 0.1) is 11.8 Å². The van der Waals surface area contributed by atoms with Crippen LogP contribution < -0.4 is 0 Å². The first-order valence-corrected chi connectivity index (χ1v) is 6.87. The Balaban J connectivity index is 1.63. The Labute approximate surface area is 112 Å². The molecule has 0 spiro atoms. The zero-order valence-electron chi connectivity index (χ0n) is 10.8. The summed E-state index contributed by atoms with van der Waals surface area (Å²) in [6, 6.07) is 6.83. The lowest BCUT2D eigenvalue weighted by Gasteiger charge is -2.18. The molecule has 19 heavy (non-hydrogen) atoms. The van der Waals surface area contributed by atoms with Crippen LogP contribution in [0.15, 0.2) is 24.3 Å². The van der Waals surface area contributed by atoms with Gasteiger partial charge in [-0.15, -0.1) is 0 Å². The molecule has 0 bridgehead atoms. The minimum absolute atomic E-state index is 0.0900. The number of phenols is 1. The summed E-state index contributed by atoms with van der Waals surface area (Å²) in [5.41, 5.74) is 0.836. The van der Waals surface area contributed by atoms with Crippen molar-refractivity contribution in [2.75, 3.05) is 13.1 Å². The van der Waals surface area contributed by atoms with E-state index in [9.17, 15) is 15.0 Å². The number of benzene rings is 1. The van der Waals surface area contributed by atoms with E-state index in [1.807, 2.05) is 11.0 Å². The molecule has 1 aromatic rings. The van der Waals surface area contributed by atoms with Crippen molar-refractivity contribution < 1.29 is 15.0 Å². The summed E-state index contributed by atoms with van der Waals surface area (Å²) in [5, 5.41) is 19.3. The average Bonchev–Trinajstić information content (AvgIpc) is 2.92. The Morgan fingerprint density at radius 3 is 2.89 bits per heavy atom. The fraction of sp³-hybridized carbons (Fsp3) is 0.533. The molecule has 4 nitrogen and oxygen atoms in total. The van der Waals surface area contributed by atoms with Crippen molar-refractivity contribution in [2.24, 2.45) is 11.8 Å². The first kappa shape index (κ1) is 12.5. The van der Waals surface area contributed by atoms with Gasteiger partial charge in [-0.05, 0) is 36.5 Å². The van der Waals surface area contributed by atoms with Crippen LogP contribution in [0.4, 0.5) is 0 Å². The lowest BCUT2D eigenvalue weighted by atomic mass is 10.00. The van der Waals surface area contributed by atoms with Crippen molar-refractivity contribution in [1.29, 1.82) is 0 Å². The van der Waals surface area contributed by atoms with Crippen molar-refractivity contribution in [3.05, 3.63) is 29.8 Å². The number of fused-ring (bicyclic) bond motifs is 1. The van der Waals surface area contributed by atoms with Crippen molar-refractivity contribution in [1.82, 2.24) is 4.90 Å². The molecule has 0 radical (unpaired) electrons. The van der Waals surface area contributed by atoms with Gasteiger partial charge in [0.2, 0.25) is 5.91 Å². The summed E-state index contributed by atoms with van der Waals surface area (Å²) in [6.45, 7) is 1.46. The lowest BCUT2D eigenvalue weighted by molar-refractivity contribution is -0.129. The Hall–Kier alpha value is -1.55. The van der Waals surface area contributed by atoms with Crippen LogP contribution in [0.2, 0.25) is 0 Å². The standard InChI is InChI=1S/C15H19NO3/c17-12-3-1-2-10(6-12)7-15(19)16-8-11-4-5-14(18)13(11)9-16/h1-3,6,11,13-14,17-18H,4-5,7-9H2. The minimum Gasteiger partial charge on any atom is -0.508 e. The predicted octanol–water partition coefficient (Wildman–Crippen LogP) is 1.16. The van der Waals surface area contributed by atoms with Crippen LogP contribution in [0.5, 0.6) is 5.75 Å². The first-order valence-electron chi connectivity index (χ1n) is 6.87. The number of carbonyl (C=O) groups is 1. The third kappa shape index (κ3) is 2.45. The van der Waals surface area contributed by atoms with Gasteiger partial charge >= 0.3 is 0 Å². The molecule has 0 aromatic heterocycles. The van der Waals surface area contributed by atoms with Gasteiger partial charge in [-0.2, -0.15) is 0 Å². The summed E-state index contributed by atoms with van der Waals surface area (Å²) in [5.74, 6) is 1.03. The lowest BCUT2D eigenvalue weighted by Crippen LogP contribution is -2.32. The van der Waals surface area contributed by atoms with Gasteiger partial charge in [0.15, 0.2) is 0 Å². The second-order valence-corrected chi connectivity index (χ2v) is 5.71. The first-order chi connectivity index (χ1) is 9.13. The van der Waals surface area contributed by atoms with Crippen molar-refractivity contribution in [3.63, 3.8) is 0 Å². The average molecular weight is 261 g/mol. The van der Waals surface area contributed by atoms with Gasteiger partial charge in [0.25, 0.3) is 0 Å². The van der Waals surface area contributed by atoms with E-state index in [1.54, 1.807) is 18.2 Å².